The van der Waals surface area contributed by atoms with Crippen molar-refractivity contribution in [2.45, 2.75) is 13.3 Å². The van der Waals surface area contributed by atoms with E-state index in [1.54, 1.807) is 0 Å². The lowest BCUT2D eigenvalue weighted by molar-refractivity contribution is 0.427. The summed E-state index contributed by atoms with van der Waals surface area (Å²) in [5.74, 6) is 0. The minimum absolute atomic E-state index is 0.511. The van der Waals surface area contributed by atoms with E-state index in [0.29, 0.717) is 4.78 Å². The first kappa shape index (κ1) is 7.72. The summed E-state index contributed by atoms with van der Waals surface area (Å²) in [6, 6.07) is 0. The van der Waals surface area contributed by atoms with Crippen molar-refractivity contribution in [2.75, 3.05) is 0 Å². The van der Waals surface area contributed by atoms with Crippen molar-refractivity contribution in [2.24, 2.45) is 0 Å². The maximum absolute atomic E-state index is 8.66. The van der Waals surface area contributed by atoms with Gasteiger partial charge < -0.3 is 10.0 Å². The van der Waals surface area contributed by atoms with E-state index in [4.69, 9.17) is 10.0 Å². The van der Waals surface area contributed by atoms with Gasteiger partial charge >= 0.3 is 7.12 Å². The zero-order chi connectivity index (χ0) is 7.56. The first-order valence-corrected chi connectivity index (χ1v) is 3.86. The summed E-state index contributed by atoms with van der Waals surface area (Å²) in [5.41, 5.74) is 0. The molecule has 0 fully saturated rings. The quantitative estimate of drug-likeness (QED) is 0.562. The lowest BCUT2D eigenvalue weighted by Crippen LogP contribution is -2.26. The molecule has 5 heteroatoms. The van der Waals surface area contributed by atoms with Crippen LogP contribution in [0, 0.1) is 0 Å². The maximum atomic E-state index is 8.66. The summed E-state index contributed by atoms with van der Waals surface area (Å²) in [5, 5.41) is 18.3. The molecule has 54 valence electrons. The van der Waals surface area contributed by atoms with Crippen LogP contribution in [0.5, 0.6) is 0 Å². The summed E-state index contributed by atoms with van der Waals surface area (Å²) >= 11 is 1.33. The molecule has 0 saturated heterocycles. The van der Waals surface area contributed by atoms with Crippen LogP contribution in [0.3, 0.4) is 0 Å². The molecule has 3 nitrogen and oxygen atoms in total. The second kappa shape index (κ2) is 3.14. The number of rotatable bonds is 2. The Bertz CT molecular complexity index is 213. The second-order valence-electron chi connectivity index (χ2n) is 1.88. The van der Waals surface area contributed by atoms with E-state index in [1.807, 2.05) is 6.92 Å². The van der Waals surface area contributed by atoms with Crippen LogP contribution in [-0.2, 0) is 6.42 Å². The fourth-order valence-corrected chi connectivity index (χ4v) is 1.34. The molecule has 10 heavy (non-hydrogen) atoms. The van der Waals surface area contributed by atoms with Crippen LogP contribution < -0.4 is 4.78 Å². The third kappa shape index (κ3) is 1.56. The largest absolute Gasteiger partial charge is 0.500 e. The fraction of sp³-hybridized carbons (Fsp3) is 0.400. The van der Waals surface area contributed by atoms with Crippen LogP contribution in [0.25, 0.3) is 0 Å². The van der Waals surface area contributed by atoms with E-state index in [1.165, 1.54) is 17.5 Å². The van der Waals surface area contributed by atoms with Crippen LogP contribution in [-0.4, -0.2) is 22.2 Å². The minimum Gasteiger partial charge on any atom is -0.423 e. The Labute approximate surface area is 63.5 Å². The Morgan fingerprint density at radius 2 is 2.40 bits per heavy atom. The molecule has 1 aromatic heterocycles. The van der Waals surface area contributed by atoms with Gasteiger partial charge in [-0.1, -0.05) is 6.92 Å². The molecule has 1 aromatic rings. The second-order valence-corrected chi connectivity index (χ2v) is 3.03. The van der Waals surface area contributed by atoms with Gasteiger partial charge in [-0.2, -0.15) is 0 Å². The van der Waals surface area contributed by atoms with Gasteiger partial charge in [0.05, 0.1) is 9.78 Å². The van der Waals surface area contributed by atoms with E-state index in [0.717, 1.165) is 11.4 Å². The topological polar surface area (TPSA) is 53.4 Å². The summed E-state index contributed by atoms with van der Waals surface area (Å²) < 4.78 is 0.511. The first-order chi connectivity index (χ1) is 4.74. The van der Waals surface area contributed by atoms with Crippen LogP contribution in [0.4, 0.5) is 0 Å². The molecule has 0 unspecified atom stereocenters. The zero-order valence-electron chi connectivity index (χ0n) is 5.61. The van der Waals surface area contributed by atoms with Gasteiger partial charge in [0.15, 0.2) is 0 Å². The summed E-state index contributed by atoms with van der Waals surface area (Å²) in [6.45, 7) is 1.98. The highest BCUT2D eigenvalue weighted by Gasteiger charge is 2.13. The standard InChI is InChI=1S/C5H8BNO2S/c1-2-5-7-3-4(10-5)6(8)9/h3,8-9H,2H2,1H3. The fourth-order valence-electron chi connectivity index (χ4n) is 0.607. The normalized spacial score (nSPS) is 9.90. The van der Waals surface area contributed by atoms with E-state index in [9.17, 15) is 0 Å². The molecular formula is C5H8BNO2S. The number of thiazole rings is 1. The Hall–Kier alpha value is -0.385. The molecular weight excluding hydrogens is 149 g/mol. The number of aryl methyl sites for hydroxylation is 1. The molecule has 0 spiro atoms. The van der Waals surface area contributed by atoms with Gasteiger partial charge in [-0.15, -0.1) is 11.3 Å². The van der Waals surface area contributed by atoms with Crippen LogP contribution in [0.1, 0.15) is 11.9 Å². The predicted molar refractivity (Wildman–Crippen MR) is 41.3 cm³/mol. The van der Waals surface area contributed by atoms with Crippen molar-refractivity contribution in [3.8, 4) is 0 Å². The van der Waals surface area contributed by atoms with Crippen molar-refractivity contribution in [3.05, 3.63) is 11.2 Å². The zero-order valence-corrected chi connectivity index (χ0v) is 6.43. The van der Waals surface area contributed by atoms with E-state index in [-0.39, 0.29) is 0 Å². The smallest absolute Gasteiger partial charge is 0.423 e. The molecule has 0 bridgehead atoms. The minimum atomic E-state index is -1.36. The number of hydrogen-bond acceptors (Lipinski definition) is 4. The average Bonchev–Trinajstić information content (AvgIpc) is 2.34. The Morgan fingerprint density at radius 3 is 2.70 bits per heavy atom. The van der Waals surface area contributed by atoms with Gasteiger partial charge in [0.25, 0.3) is 0 Å². The monoisotopic (exact) mass is 157 g/mol. The van der Waals surface area contributed by atoms with Crippen molar-refractivity contribution >= 4 is 23.2 Å². The highest BCUT2D eigenvalue weighted by molar-refractivity contribution is 7.21. The van der Waals surface area contributed by atoms with Gasteiger partial charge in [0.2, 0.25) is 0 Å². The molecule has 0 aliphatic carbocycles. The molecule has 0 aliphatic rings. The molecule has 1 rings (SSSR count). The highest BCUT2D eigenvalue weighted by atomic mass is 32.1. The lowest BCUT2D eigenvalue weighted by Gasteiger charge is -1.87. The average molecular weight is 157 g/mol. The van der Waals surface area contributed by atoms with E-state index in [2.05, 4.69) is 4.98 Å². The van der Waals surface area contributed by atoms with Crippen LogP contribution in [0.15, 0.2) is 6.20 Å². The van der Waals surface area contributed by atoms with E-state index < -0.39 is 7.12 Å². The predicted octanol–water partition coefficient (Wildman–Crippen LogP) is -0.615. The van der Waals surface area contributed by atoms with Gasteiger partial charge in [-0.25, -0.2) is 0 Å². The van der Waals surface area contributed by atoms with Crippen molar-refractivity contribution < 1.29 is 10.0 Å². The molecule has 0 amide bonds. The van der Waals surface area contributed by atoms with Crippen LogP contribution >= 0.6 is 11.3 Å². The summed E-state index contributed by atoms with van der Waals surface area (Å²) in [6.07, 6.45) is 2.34. The number of hydrogen-bond donors (Lipinski definition) is 2. The molecule has 0 aromatic carbocycles. The molecule has 0 atom stereocenters. The SMILES string of the molecule is CCc1ncc(B(O)O)s1. The summed E-state index contributed by atoms with van der Waals surface area (Å²) in [4.78, 5) is 3.95. The Balaban J connectivity index is 2.78. The molecule has 0 radical (unpaired) electrons. The molecule has 0 aliphatic heterocycles. The molecule has 1 heterocycles. The lowest BCUT2D eigenvalue weighted by atomic mass is 9.91. The number of nitrogens with zero attached hydrogens (tertiary/aromatic N) is 1. The number of aromatic nitrogens is 1. The maximum Gasteiger partial charge on any atom is 0.500 e. The Kier molecular flexibility index (Phi) is 2.42. The highest BCUT2D eigenvalue weighted by Crippen LogP contribution is 2.02. The van der Waals surface area contributed by atoms with Gasteiger partial charge in [0.1, 0.15) is 0 Å². The van der Waals surface area contributed by atoms with E-state index >= 15 is 0 Å². The third-order valence-corrected chi connectivity index (χ3v) is 2.31. The first-order valence-electron chi connectivity index (χ1n) is 3.04. The summed E-state index contributed by atoms with van der Waals surface area (Å²) in [7, 11) is -1.36. The Morgan fingerprint density at radius 1 is 1.70 bits per heavy atom. The van der Waals surface area contributed by atoms with Crippen molar-refractivity contribution in [3.63, 3.8) is 0 Å². The molecule has 0 saturated carbocycles. The third-order valence-electron chi connectivity index (χ3n) is 1.13. The van der Waals surface area contributed by atoms with Gasteiger partial charge in [-0.05, 0) is 6.42 Å². The molecule has 2 N–H and O–H groups in total. The van der Waals surface area contributed by atoms with Gasteiger partial charge in [-0.3, -0.25) is 4.98 Å². The van der Waals surface area contributed by atoms with Gasteiger partial charge in [0, 0.05) is 6.20 Å². The van der Waals surface area contributed by atoms with Crippen LogP contribution in [0.2, 0.25) is 0 Å². The van der Waals surface area contributed by atoms with Crippen molar-refractivity contribution in [1.29, 1.82) is 0 Å². The van der Waals surface area contributed by atoms with Crippen molar-refractivity contribution in [1.82, 2.24) is 4.98 Å².